The molecule has 1 amide bonds. The highest BCUT2D eigenvalue weighted by molar-refractivity contribution is 6.31. The lowest BCUT2D eigenvalue weighted by atomic mass is 10.2. The molecule has 1 N–H and O–H groups in total. The van der Waals surface area contributed by atoms with E-state index in [0.29, 0.717) is 28.3 Å². The Morgan fingerprint density at radius 2 is 2.08 bits per heavy atom. The molecule has 124 valence electrons. The van der Waals surface area contributed by atoms with Crippen LogP contribution in [-0.4, -0.2) is 34.6 Å². The van der Waals surface area contributed by atoms with Gasteiger partial charge in [0.25, 0.3) is 5.91 Å². The normalized spacial score (nSPS) is 10.8. The Kier molecular flexibility index (Phi) is 4.40. The summed E-state index contributed by atoms with van der Waals surface area (Å²) in [5.41, 5.74) is 3.42. The van der Waals surface area contributed by atoms with Crippen molar-refractivity contribution in [3.05, 3.63) is 52.4 Å². The zero-order valence-electron chi connectivity index (χ0n) is 13.6. The number of nitrogens with zero attached hydrogens (tertiary/aromatic N) is 3. The van der Waals surface area contributed by atoms with Crippen LogP contribution in [0.15, 0.2) is 30.6 Å². The molecule has 0 saturated carbocycles. The van der Waals surface area contributed by atoms with Gasteiger partial charge >= 0.3 is 0 Å². The molecule has 3 aromatic rings. The summed E-state index contributed by atoms with van der Waals surface area (Å²) in [6.45, 7) is 2.34. The lowest BCUT2D eigenvalue weighted by Crippen LogP contribution is -2.19. The van der Waals surface area contributed by atoms with Gasteiger partial charge in [-0.2, -0.15) is 0 Å². The van der Waals surface area contributed by atoms with Crippen LogP contribution < -0.4 is 10.1 Å². The Morgan fingerprint density at radius 1 is 1.33 bits per heavy atom. The van der Waals surface area contributed by atoms with Gasteiger partial charge < -0.3 is 14.6 Å². The number of hydrogen-bond acceptors (Lipinski definition) is 4. The van der Waals surface area contributed by atoms with Gasteiger partial charge in [-0.3, -0.25) is 9.78 Å². The number of benzene rings is 1. The summed E-state index contributed by atoms with van der Waals surface area (Å²) in [6, 6.07) is 5.48. The minimum absolute atomic E-state index is 0.187. The number of carbonyl (C=O) groups excluding carboxylic acids is 1. The summed E-state index contributed by atoms with van der Waals surface area (Å²) in [5, 5.41) is 3.28. The number of amides is 1. The molecule has 0 spiro atoms. The number of hydrogen-bond donors (Lipinski definition) is 1. The molecule has 0 atom stereocenters. The molecule has 0 aliphatic heterocycles. The van der Waals surface area contributed by atoms with E-state index in [1.165, 1.54) is 0 Å². The summed E-state index contributed by atoms with van der Waals surface area (Å²) in [7, 11) is 3.21. The van der Waals surface area contributed by atoms with Gasteiger partial charge in [0.15, 0.2) is 5.65 Å². The first-order valence-electron chi connectivity index (χ1n) is 7.41. The molecule has 0 fully saturated rings. The third-order valence-corrected chi connectivity index (χ3v) is 4.34. The average molecular weight is 345 g/mol. The van der Waals surface area contributed by atoms with Crippen LogP contribution in [0.5, 0.6) is 5.75 Å². The van der Waals surface area contributed by atoms with Crippen LogP contribution in [0.2, 0.25) is 5.02 Å². The van der Waals surface area contributed by atoms with Crippen LogP contribution in [0.25, 0.3) is 11.2 Å². The number of nitrogens with one attached hydrogen (secondary N) is 1. The number of carbonyl (C=O) groups is 1. The van der Waals surface area contributed by atoms with Crippen molar-refractivity contribution in [2.75, 3.05) is 14.2 Å². The maximum Gasteiger partial charge on any atom is 0.255 e. The monoisotopic (exact) mass is 344 g/mol. The average Bonchev–Trinajstić information content (AvgIpc) is 2.88. The molecule has 2 heterocycles. The fourth-order valence-corrected chi connectivity index (χ4v) is 2.91. The van der Waals surface area contributed by atoms with Crippen molar-refractivity contribution >= 4 is 28.7 Å². The molecule has 0 saturated heterocycles. The van der Waals surface area contributed by atoms with Crippen LogP contribution >= 0.6 is 11.6 Å². The number of fused-ring (bicyclic) bond motifs is 1. The van der Waals surface area contributed by atoms with Crippen molar-refractivity contribution in [3.8, 4) is 5.75 Å². The molecule has 1 aromatic carbocycles. The smallest absolute Gasteiger partial charge is 0.255 e. The molecule has 6 nitrogen and oxygen atoms in total. The molecule has 0 aliphatic rings. The van der Waals surface area contributed by atoms with Crippen molar-refractivity contribution in [1.82, 2.24) is 19.9 Å². The highest BCUT2D eigenvalue weighted by Crippen LogP contribution is 2.27. The number of ether oxygens (including phenoxy) is 1. The molecule has 3 rings (SSSR count). The second kappa shape index (κ2) is 6.49. The van der Waals surface area contributed by atoms with Crippen molar-refractivity contribution in [3.63, 3.8) is 0 Å². The molecule has 7 heteroatoms. The van der Waals surface area contributed by atoms with Crippen LogP contribution in [0.3, 0.4) is 0 Å². The van der Waals surface area contributed by atoms with E-state index in [4.69, 9.17) is 16.3 Å². The van der Waals surface area contributed by atoms with Gasteiger partial charge in [0.2, 0.25) is 0 Å². The maximum absolute atomic E-state index is 12.2. The van der Waals surface area contributed by atoms with E-state index in [-0.39, 0.29) is 5.91 Å². The summed E-state index contributed by atoms with van der Waals surface area (Å²) in [5.74, 6) is 0.537. The minimum Gasteiger partial charge on any atom is -0.497 e. The van der Waals surface area contributed by atoms with E-state index in [1.807, 2.05) is 23.6 Å². The van der Waals surface area contributed by atoms with Gasteiger partial charge in [-0.1, -0.05) is 11.6 Å². The lowest BCUT2D eigenvalue weighted by Gasteiger charge is -2.11. The van der Waals surface area contributed by atoms with Crippen molar-refractivity contribution in [2.45, 2.75) is 13.5 Å². The minimum atomic E-state index is -0.187. The number of methoxy groups -OCH3 is 1. The zero-order chi connectivity index (χ0) is 17.3. The largest absolute Gasteiger partial charge is 0.497 e. The van der Waals surface area contributed by atoms with Gasteiger partial charge in [-0.15, -0.1) is 0 Å². The van der Waals surface area contributed by atoms with Gasteiger partial charge in [0, 0.05) is 30.2 Å². The Hall–Kier alpha value is -2.60. The maximum atomic E-state index is 12.2. The zero-order valence-corrected chi connectivity index (χ0v) is 14.4. The van der Waals surface area contributed by atoms with E-state index >= 15 is 0 Å². The summed E-state index contributed by atoms with van der Waals surface area (Å²) < 4.78 is 7.20. The lowest BCUT2D eigenvalue weighted by molar-refractivity contribution is 0.0963. The fraction of sp³-hybridized carbons (Fsp3) is 0.235. The Labute approximate surface area is 144 Å². The topological polar surface area (TPSA) is 69.0 Å². The van der Waals surface area contributed by atoms with Gasteiger partial charge in [0.1, 0.15) is 11.3 Å². The summed E-state index contributed by atoms with van der Waals surface area (Å²) in [6.07, 6.45) is 3.19. The third-order valence-electron chi connectivity index (χ3n) is 3.97. The van der Waals surface area contributed by atoms with E-state index in [0.717, 1.165) is 17.0 Å². The predicted molar refractivity (Wildman–Crippen MR) is 92.8 cm³/mol. The van der Waals surface area contributed by atoms with Crippen LogP contribution in [-0.2, 0) is 6.54 Å². The van der Waals surface area contributed by atoms with E-state index in [9.17, 15) is 4.79 Å². The van der Waals surface area contributed by atoms with Crippen LogP contribution in [0.4, 0.5) is 0 Å². The third kappa shape index (κ3) is 2.69. The van der Waals surface area contributed by atoms with Crippen molar-refractivity contribution in [1.29, 1.82) is 0 Å². The molecule has 0 radical (unpaired) electrons. The Bertz CT molecular complexity index is 920. The van der Waals surface area contributed by atoms with E-state index in [2.05, 4.69) is 15.3 Å². The molecular weight excluding hydrogens is 328 g/mol. The molecule has 24 heavy (non-hydrogen) atoms. The molecule has 0 bridgehead atoms. The fourth-order valence-electron chi connectivity index (χ4n) is 2.73. The quantitative estimate of drug-likeness (QED) is 0.790. The first-order chi connectivity index (χ1) is 11.6. The van der Waals surface area contributed by atoms with Crippen LogP contribution in [0, 0.1) is 6.92 Å². The first kappa shape index (κ1) is 16.3. The number of halogens is 1. The summed E-state index contributed by atoms with van der Waals surface area (Å²) in [4.78, 5) is 21.0. The second-order valence-corrected chi connectivity index (χ2v) is 5.72. The molecule has 0 aliphatic carbocycles. The Morgan fingerprint density at radius 3 is 2.79 bits per heavy atom. The van der Waals surface area contributed by atoms with Crippen molar-refractivity contribution < 1.29 is 9.53 Å². The SMILES string of the molecule is CNC(=O)c1c(C)n(Cc2cc(OC)ccc2Cl)c2nccnc12. The standard InChI is InChI=1S/C17H17ClN4O2/c1-10-14(17(23)19-2)15-16(21-7-6-20-15)22(10)9-11-8-12(24-3)4-5-13(11)18/h4-8H,9H2,1-3H3,(H,19,23). The summed E-state index contributed by atoms with van der Waals surface area (Å²) >= 11 is 6.32. The van der Waals surface area contributed by atoms with E-state index in [1.54, 1.807) is 32.6 Å². The number of rotatable bonds is 4. The first-order valence-corrected chi connectivity index (χ1v) is 7.79. The van der Waals surface area contributed by atoms with Crippen LogP contribution in [0.1, 0.15) is 21.6 Å². The van der Waals surface area contributed by atoms with E-state index < -0.39 is 0 Å². The highest BCUT2D eigenvalue weighted by Gasteiger charge is 2.21. The molecular formula is C17H17ClN4O2. The van der Waals surface area contributed by atoms with Gasteiger partial charge in [-0.05, 0) is 30.7 Å². The van der Waals surface area contributed by atoms with Gasteiger partial charge in [0.05, 0.1) is 19.2 Å². The Balaban J connectivity index is 2.17. The second-order valence-electron chi connectivity index (χ2n) is 5.31. The highest BCUT2D eigenvalue weighted by atomic mass is 35.5. The molecule has 0 unspecified atom stereocenters. The molecule has 2 aromatic heterocycles. The number of aromatic nitrogens is 3. The van der Waals surface area contributed by atoms with Crippen molar-refractivity contribution in [2.24, 2.45) is 0 Å². The predicted octanol–water partition coefficient (Wildman–Crippen LogP) is 2.81. The van der Waals surface area contributed by atoms with Gasteiger partial charge in [-0.25, -0.2) is 4.98 Å².